The first-order valence-electron chi connectivity index (χ1n) is 4.80. The summed E-state index contributed by atoms with van der Waals surface area (Å²) in [4.78, 5) is 14.1. The van der Waals surface area contributed by atoms with E-state index in [1.165, 1.54) is 0 Å². The number of carbonyl (C=O) groups is 1. The van der Waals surface area contributed by atoms with Gasteiger partial charge in [-0.2, -0.15) is 23.1 Å². The number of nitrogens with zero attached hydrogens (tertiary/aromatic N) is 1. The van der Waals surface area contributed by atoms with Crippen molar-refractivity contribution in [2.24, 2.45) is 0 Å². The van der Waals surface area contributed by atoms with Crippen LogP contribution in [0.25, 0.3) is 0 Å². The fourth-order valence-electron chi connectivity index (χ4n) is 1.60. The molecule has 1 amide bonds. The smallest absolute Gasteiger partial charge is 0.255 e. The summed E-state index contributed by atoms with van der Waals surface area (Å²) in [6, 6.07) is 2.25. The number of hydrogen-bond acceptors (Lipinski definition) is 3. The van der Waals surface area contributed by atoms with E-state index in [9.17, 15) is 4.79 Å². The third-order valence-corrected chi connectivity index (χ3v) is 4.96. The van der Waals surface area contributed by atoms with Crippen LogP contribution in [0.4, 0.5) is 0 Å². The lowest BCUT2D eigenvalue weighted by atomic mass is 10.2. The third-order valence-electron chi connectivity index (χ3n) is 2.43. The average Bonchev–Trinajstić information content (AvgIpc) is 2.81. The Balaban J connectivity index is 2.11. The number of amides is 1. The topological polar surface area (TPSA) is 20.3 Å². The summed E-state index contributed by atoms with van der Waals surface area (Å²) in [7, 11) is 0. The molecule has 2 heterocycles. The Hall–Kier alpha value is -0.000000000000000111. The molecule has 1 unspecified atom stereocenters. The summed E-state index contributed by atoms with van der Waals surface area (Å²) < 4.78 is 0. The van der Waals surface area contributed by atoms with Gasteiger partial charge in [0.15, 0.2) is 0 Å². The SMILES string of the molecule is O=C(c1ccsc1)N1CCSCC1CBr. The molecule has 1 aromatic rings. The molecule has 1 atom stereocenters. The molecule has 5 heteroatoms. The van der Waals surface area contributed by atoms with Gasteiger partial charge in [-0.15, -0.1) is 0 Å². The monoisotopic (exact) mass is 305 g/mol. The molecule has 0 saturated carbocycles. The van der Waals surface area contributed by atoms with Crippen LogP contribution >= 0.6 is 39.0 Å². The number of hydrogen-bond donors (Lipinski definition) is 0. The Kier molecular flexibility index (Phi) is 4.11. The van der Waals surface area contributed by atoms with Gasteiger partial charge in [-0.25, -0.2) is 0 Å². The minimum atomic E-state index is 0.181. The fraction of sp³-hybridized carbons (Fsp3) is 0.500. The zero-order valence-corrected chi connectivity index (χ0v) is 11.4. The Bertz CT molecular complexity index is 328. The Morgan fingerprint density at radius 1 is 1.67 bits per heavy atom. The van der Waals surface area contributed by atoms with E-state index in [-0.39, 0.29) is 5.91 Å². The number of thioether (sulfide) groups is 1. The maximum absolute atomic E-state index is 12.1. The first-order chi connectivity index (χ1) is 7.33. The molecule has 0 bridgehead atoms. The van der Waals surface area contributed by atoms with Gasteiger partial charge in [0.1, 0.15) is 0 Å². The zero-order chi connectivity index (χ0) is 10.7. The van der Waals surface area contributed by atoms with Crippen LogP contribution in [0, 0.1) is 0 Å². The van der Waals surface area contributed by atoms with Crippen LogP contribution in [0.15, 0.2) is 16.8 Å². The molecule has 0 aliphatic carbocycles. The molecule has 1 aliphatic rings. The summed E-state index contributed by atoms with van der Waals surface area (Å²) in [5.74, 6) is 2.28. The molecule has 0 radical (unpaired) electrons. The summed E-state index contributed by atoms with van der Waals surface area (Å²) in [6.45, 7) is 0.871. The van der Waals surface area contributed by atoms with E-state index < -0.39 is 0 Å². The largest absolute Gasteiger partial charge is 0.333 e. The van der Waals surface area contributed by atoms with Crippen LogP contribution in [-0.4, -0.2) is 40.2 Å². The van der Waals surface area contributed by atoms with E-state index in [2.05, 4.69) is 15.9 Å². The highest BCUT2D eigenvalue weighted by Crippen LogP contribution is 2.21. The summed E-state index contributed by atoms with van der Waals surface area (Å²) in [6.07, 6.45) is 0. The van der Waals surface area contributed by atoms with Crippen LogP contribution in [0.3, 0.4) is 0 Å². The van der Waals surface area contributed by atoms with Crippen molar-refractivity contribution in [3.63, 3.8) is 0 Å². The molecule has 1 saturated heterocycles. The highest BCUT2D eigenvalue weighted by Gasteiger charge is 2.26. The van der Waals surface area contributed by atoms with E-state index in [4.69, 9.17) is 0 Å². The number of rotatable bonds is 2. The highest BCUT2D eigenvalue weighted by molar-refractivity contribution is 9.09. The Morgan fingerprint density at radius 3 is 3.20 bits per heavy atom. The summed E-state index contributed by atoms with van der Waals surface area (Å²) in [5.41, 5.74) is 0.831. The van der Waals surface area contributed by atoms with Crippen molar-refractivity contribution in [3.8, 4) is 0 Å². The molecule has 0 aromatic carbocycles. The molecular formula is C10H12BrNOS2. The van der Waals surface area contributed by atoms with E-state index in [1.54, 1.807) is 11.3 Å². The van der Waals surface area contributed by atoms with E-state index in [1.807, 2.05) is 33.5 Å². The maximum atomic E-state index is 12.1. The summed E-state index contributed by atoms with van der Waals surface area (Å²) in [5, 5.41) is 4.75. The predicted octanol–water partition coefficient (Wildman–Crippen LogP) is 2.70. The third kappa shape index (κ3) is 2.57. The second kappa shape index (κ2) is 5.37. The fourth-order valence-corrected chi connectivity index (χ4v) is 4.18. The first kappa shape index (κ1) is 11.5. The molecule has 1 aliphatic heterocycles. The second-order valence-corrected chi connectivity index (χ2v) is 5.97. The highest BCUT2D eigenvalue weighted by atomic mass is 79.9. The van der Waals surface area contributed by atoms with Crippen LogP contribution in [-0.2, 0) is 0 Å². The standard InChI is InChI=1S/C10H12BrNOS2/c11-5-9-7-15-4-2-12(9)10(13)8-1-3-14-6-8/h1,3,6,9H,2,4-5,7H2. The molecule has 2 nitrogen and oxygen atoms in total. The van der Waals surface area contributed by atoms with Crippen molar-refractivity contribution < 1.29 is 4.79 Å². The molecule has 1 fully saturated rings. The molecule has 0 N–H and O–H groups in total. The van der Waals surface area contributed by atoms with Crippen LogP contribution < -0.4 is 0 Å². The molecule has 0 spiro atoms. The second-order valence-electron chi connectivity index (χ2n) is 3.39. The lowest BCUT2D eigenvalue weighted by Gasteiger charge is -2.34. The Labute approximate surface area is 106 Å². The van der Waals surface area contributed by atoms with Gasteiger partial charge in [0.25, 0.3) is 5.91 Å². The quantitative estimate of drug-likeness (QED) is 0.783. The van der Waals surface area contributed by atoms with Crippen molar-refractivity contribution >= 4 is 44.9 Å². The van der Waals surface area contributed by atoms with Gasteiger partial charge in [0.05, 0.1) is 11.6 Å². The van der Waals surface area contributed by atoms with Crippen molar-refractivity contribution in [1.82, 2.24) is 4.90 Å². The van der Waals surface area contributed by atoms with Crippen molar-refractivity contribution in [2.75, 3.05) is 23.4 Å². The van der Waals surface area contributed by atoms with Crippen molar-refractivity contribution in [1.29, 1.82) is 0 Å². The van der Waals surface area contributed by atoms with Crippen LogP contribution in [0.2, 0.25) is 0 Å². The normalized spacial score (nSPS) is 21.7. The molecule has 2 rings (SSSR count). The first-order valence-corrected chi connectivity index (χ1v) is 8.01. The van der Waals surface area contributed by atoms with Crippen molar-refractivity contribution in [2.45, 2.75) is 6.04 Å². The lowest BCUT2D eigenvalue weighted by Crippen LogP contribution is -2.46. The molecule has 15 heavy (non-hydrogen) atoms. The van der Waals surface area contributed by atoms with Crippen LogP contribution in [0.5, 0.6) is 0 Å². The minimum absolute atomic E-state index is 0.181. The molecule has 1 aromatic heterocycles. The van der Waals surface area contributed by atoms with Gasteiger partial charge < -0.3 is 4.90 Å². The van der Waals surface area contributed by atoms with Crippen LogP contribution in [0.1, 0.15) is 10.4 Å². The average molecular weight is 306 g/mol. The van der Waals surface area contributed by atoms with E-state index >= 15 is 0 Å². The van der Waals surface area contributed by atoms with Gasteiger partial charge in [-0.05, 0) is 11.4 Å². The van der Waals surface area contributed by atoms with Gasteiger partial charge in [0, 0.05) is 28.8 Å². The van der Waals surface area contributed by atoms with Gasteiger partial charge in [-0.3, -0.25) is 4.79 Å². The molecular weight excluding hydrogens is 294 g/mol. The predicted molar refractivity (Wildman–Crippen MR) is 70.3 cm³/mol. The number of thiophene rings is 1. The molecule has 82 valence electrons. The summed E-state index contributed by atoms with van der Waals surface area (Å²) >= 11 is 6.98. The van der Waals surface area contributed by atoms with E-state index in [0.717, 1.165) is 28.9 Å². The van der Waals surface area contributed by atoms with Crippen molar-refractivity contribution in [3.05, 3.63) is 22.4 Å². The zero-order valence-electron chi connectivity index (χ0n) is 8.19. The minimum Gasteiger partial charge on any atom is -0.333 e. The van der Waals surface area contributed by atoms with E-state index in [0.29, 0.717) is 6.04 Å². The number of alkyl halides is 1. The lowest BCUT2D eigenvalue weighted by molar-refractivity contribution is 0.0720. The number of halogens is 1. The number of carbonyl (C=O) groups excluding carboxylic acids is 1. The van der Waals surface area contributed by atoms with Gasteiger partial charge >= 0.3 is 0 Å². The van der Waals surface area contributed by atoms with Gasteiger partial charge in [-0.1, -0.05) is 15.9 Å². The maximum Gasteiger partial charge on any atom is 0.255 e. The van der Waals surface area contributed by atoms with Gasteiger partial charge in [0.2, 0.25) is 0 Å². The Morgan fingerprint density at radius 2 is 2.53 bits per heavy atom.